The number of rotatable bonds is 0. The van der Waals surface area contributed by atoms with E-state index in [2.05, 4.69) is 47.3 Å². The number of aryl methyl sites for hydroxylation is 1. The van der Waals surface area contributed by atoms with Crippen molar-refractivity contribution in [2.75, 3.05) is 0 Å². The molecule has 1 nitrogen and oxygen atoms in total. The van der Waals surface area contributed by atoms with Crippen molar-refractivity contribution < 1.29 is 0 Å². The molecular weight excluding hydrogens is 237 g/mol. The quantitative estimate of drug-likeness (QED) is 0.556. The zero-order valence-corrected chi connectivity index (χ0v) is 9.53. The van der Waals surface area contributed by atoms with Gasteiger partial charge in [0.05, 0.1) is 0 Å². The zero-order valence-electron chi connectivity index (χ0n) is 7.82. The molecule has 3 aromatic rings. The van der Waals surface area contributed by atoms with Gasteiger partial charge in [0.2, 0.25) is 0 Å². The topological polar surface area (TPSA) is 12.9 Å². The van der Waals surface area contributed by atoms with Crippen LogP contribution in [0.15, 0.2) is 35.4 Å². The van der Waals surface area contributed by atoms with E-state index >= 15 is 0 Å². The van der Waals surface area contributed by atoms with E-state index in [1.807, 2.05) is 0 Å². The van der Waals surface area contributed by atoms with Gasteiger partial charge in [-0.3, -0.25) is 0 Å². The molecule has 0 radical (unpaired) electrons. The summed E-state index contributed by atoms with van der Waals surface area (Å²) in [5.41, 5.74) is 2.54. The predicted molar refractivity (Wildman–Crippen MR) is 60.9 cm³/mol. The van der Waals surface area contributed by atoms with E-state index in [0.29, 0.717) is 14.5 Å². The molecule has 0 saturated heterocycles. The molecule has 1 aromatic heterocycles. The molecule has 3 rings (SSSR count). The van der Waals surface area contributed by atoms with Gasteiger partial charge in [0.15, 0.2) is 0 Å². The third kappa shape index (κ3) is 1.05. The van der Waals surface area contributed by atoms with Crippen LogP contribution in [0.4, 0.5) is 0 Å². The molecule has 0 saturated carbocycles. The first kappa shape index (κ1) is 8.22. The summed E-state index contributed by atoms with van der Waals surface area (Å²) >= 11 is 0.450. The van der Waals surface area contributed by atoms with E-state index in [-0.39, 0.29) is 0 Å². The molecule has 0 amide bonds. The number of aromatic nitrogens is 1. The molecule has 0 aliphatic rings. The van der Waals surface area contributed by atoms with Crippen molar-refractivity contribution in [1.82, 2.24) is 4.98 Å². The van der Waals surface area contributed by atoms with Crippen molar-refractivity contribution in [3.63, 3.8) is 0 Å². The molecule has 68 valence electrons. The summed E-state index contributed by atoms with van der Waals surface area (Å²) < 4.78 is 1.42. The Bertz CT molecular complexity index is 610. The molecule has 0 N–H and O–H groups in total. The first-order valence-corrected chi connectivity index (χ1v) is 6.42. The van der Waals surface area contributed by atoms with Crippen LogP contribution in [-0.2, 0) is 0 Å². The van der Waals surface area contributed by atoms with Gasteiger partial charge in [-0.05, 0) is 0 Å². The number of fused-ring (bicyclic) bond motifs is 3. The van der Waals surface area contributed by atoms with Crippen LogP contribution in [0, 0.1) is 6.92 Å². The first-order chi connectivity index (χ1) is 6.86. The molecule has 1 heterocycles. The standard InChI is InChI=1S/C12H9NSe/c1-8-3-2-4-9-5-6-10-12(11(8)9)13-7-14-10/h2-7H,1H3. The van der Waals surface area contributed by atoms with E-state index in [9.17, 15) is 0 Å². The number of benzene rings is 2. The van der Waals surface area contributed by atoms with E-state index in [1.54, 1.807) is 0 Å². The normalized spacial score (nSPS) is 11.2. The summed E-state index contributed by atoms with van der Waals surface area (Å²) in [6, 6.07) is 10.8. The van der Waals surface area contributed by atoms with Crippen molar-refractivity contribution >= 4 is 35.1 Å². The second-order valence-corrected chi connectivity index (χ2v) is 5.30. The second kappa shape index (κ2) is 2.94. The first-order valence-electron chi connectivity index (χ1n) is 4.58. The van der Waals surface area contributed by atoms with Crippen molar-refractivity contribution in [3.8, 4) is 0 Å². The Hall–Kier alpha value is -1.11. The van der Waals surface area contributed by atoms with Crippen LogP contribution < -0.4 is 0 Å². The Morgan fingerprint density at radius 1 is 1.14 bits per heavy atom. The number of nitrogens with zero attached hydrogens (tertiary/aromatic N) is 1. The minimum atomic E-state index is 0.450. The van der Waals surface area contributed by atoms with Crippen LogP contribution >= 0.6 is 0 Å². The van der Waals surface area contributed by atoms with Crippen LogP contribution in [0.2, 0.25) is 0 Å². The molecule has 2 aromatic carbocycles. The van der Waals surface area contributed by atoms with Gasteiger partial charge >= 0.3 is 87.9 Å². The Balaban J connectivity index is 2.67. The van der Waals surface area contributed by atoms with Crippen LogP contribution in [0.5, 0.6) is 0 Å². The molecule has 0 unspecified atom stereocenters. The summed E-state index contributed by atoms with van der Waals surface area (Å²) in [6.07, 6.45) is 0. The Morgan fingerprint density at radius 2 is 2.07 bits per heavy atom. The molecule has 0 aliphatic carbocycles. The van der Waals surface area contributed by atoms with Crippen molar-refractivity contribution in [1.29, 1.82) is 0 Å². The maximum absolute atomic E-state index is 4.49. The third-order valence-electron chi connectivity index (χ3n) is 2.55. The molecule has 0 fully saturated rings. The molecule has 0 bridgehead atoms. The SMILES string of the molecule is Cc1cccc2ccc3[se]cnc3c12. The Morgan fingerprint density at radius 3 is 3.00 bits per heavy atom. The molecule has 0 atom stereocenters. The van der Waals surface area contributed by atoms with Crippen molar-refractivity contribution in [3.05, 3.63) is 41.0 Å². The molecule has 0 aliphatic heterocycles. The van der Waals surface area contributed by atoms with E-state index < -0.39 is 0 Å². The summed E-state index contributed by atoms with van der Waals surface area (Å²) in [6.45, 7) is 2.16. The average Bonchev–Trinajstić information content (AvgIpc) is 2.65. The number of hydrogen-bond acceptors (Lipinski definition) is 1. The van der Waals surface area contributed by atoms with Gasteiger partial charge in [0.1, 0.15) is 0 Å². The van der Waals surface area contributed by atoms with Gasteiger partial charge in [-0.25, -0.2) is 0 Å². The van der Waals surface area contributed by atoms with E-state index in [0.717, 1.165) is 0 Å². The van der Waals surface area contributed by atoms with Crippen LogP contribution in [-0.4, -0.2) is 19.5 Å². The van der Waals surface area contributed by atoms with Gasteiger partial charge in [0.25, 0.3) is 0 Å². The van der Waals surface area contributed by atoms with Crippen LogP contribution in [0.3, 0.4) is 0 Å². The summed E-state index contributed by atoms with van der Waals surface area (Å²) in [5, 5.41) is 4.70. The molecule has 0 spiro atoms. The van der Waals surface area contributed by atoms with Crippen molar-refractivity contribution in [2.24, 2.45) is 0 Å². The monoisotopic (exact) mass is 247 g/mol. The van der Waals surface area contributed by atoms with Gasteiger partial charge < -0.3 is 0 Å². The fraction of sp³-hybridized carbons (Fsp3) is 0.0833. The van der Waals surface area contributed by atoms with Gasteiger partial charge in [0, 0.05) is 0 Å². The summed E-state index contributed by atoms with van der Waals surface area (Å²) in [4.78, 5) is 4.49. The summed E-state index contributed by atoms with van der Waals surface area (Å²) in [7, 11) is 0. The summed E-state index contributed by atoms with van der Waals surface area (Å²) in [5.74, 6) is 0. The predicted octanol–water partition coefficient (Wildman–Crippen LogP) is 2.75. The van der Waals surface area contributed by atoms with E-state index in [1.165, 1.54) is 26.1 Å². The zero-order chi connectivity index (χ0) is 9.54. The third-order valence-corrected chi connectivity index (χ3v) is 4.22. The number of hydrogen-bond donors (Lipinski definition) is 0. The minimum absolute atomic E-state index is 0.450. The Labute approximate surface area is 88.1 Å². The maximum atomic E-state index is 4.49. The average molecular weight is 246 g/mol. The molecule has 14 heavy (non-hydrogen) atoms. The fourth-order valence-corrected chi connectivity index (χ4v) is 3.32. The van der Waals surface area contributed by atoms with Crippen LogP contribution in [0.25, 0.3) is 20.5 Å². The second-order valence-electron chi connectivity index (χ2n) is 3.44. The van der Waals surface area contributed by atoms with Gasteiger partial charge in [-0.1, -0.05) is 0 Å². The molecule has 2 heteroatoms. The fourth-order valence-electron chi connectivity index (χ4n) is 1.88. The van der Waals surface area contributed by atoms with E-state index in [4.69, 9.17) is 0 Å². The molecular formula is C12H9NSe. The van der Waals surface area contributed by atoms with Crippen molar-refractivity contribution in [2.45, 2.75) is 6.92 Å². The Kier molecular flexibility index (Phi) is 1.73. The van der Waals surface area contributed by atoms with Crippen LogP contribution in [0.1, 0.15) is 5.56 Å². The van der Waals surface area contributed by atoms with Gasteiger partial charge in [-0.2, -0.15) is 0 Å². The van der Waals surface area contributed by atoms with Gasteiger partial charge in [-0.15, -0.1) is 0 Å².